The topological polar surface area (TPSA) is 127 Å². The molecule has 0 aliphatic carbocycles. The number of pyridine rings is 1. The summed E-state index contributed by atoms with van der Waals surface area (Å²) in [5.74, 6) is -0.225. The van der Waals surface area contributed by atoms with Gasteiger partial charge in [0, 0.05) is 11.6 Å². The number of aromatic nitrogens is 1. The Balaban J connectivity index is 1.93. The third-order valence-corrected chi connectivity index (χ3v) is 4.17. The lowest BCUT2D eigenvalue weighted by molar-refractivity contribution is -0.384. The first-order valence-electron chi connectivity index (χ1n) is 8.68. The van der Waals surface area contributed by atoms with Crippen LogP contribution in [-0.4, -0.2) is 22.0 Å². The van der Waals surface area contributed by atoms with Crippen molar-refractivity contribution in [3.8, 4) is 11.8 Å². The highest BCUT2D eigenvalue weighted by Gasteiger charge is 2.18. The average Bonchev–Trinajstić information content (AvgIpc) is 2.71. The number of hydrogen-bond donors (Lipinski definition) is 1. The third kappa shape index (κ3) is 4.06. The summed E-state index contributed by atoms with van der Waals surface area (Å²) < 4.78 is 6.72. The average molecular weight is 392 g/mol. The zero-order chi connectivity index (χ0) is 21.0. The molecule has 2 aromatic carbocycles. The highest BCUT2D eigenvalue weighted by molar-refractivity contribution is 5.94. The first-order chi connectivity index (χ1) is 13.9. The van der Waals surface area contributed by atoms with Crippen LogP contribution < -0.4 is 15.5 Å². The van der Waals surface area contributed by atoms with E-state index in [9.17, 15) is 25.0 Å². The minimum absolute atomic E-state index is 0.0225. The van der Waals surface area contributed by atoms with Crippen molar-refractivity contribution in [3.05, 3.63) is 74.6 Å². The number of nitro benzene ring substituents is 1. The molecule has 146 valence electrons. The summed E-state index contributed by atoms with van der Waals surface area (Å²) in [5.41, 5.74) is -0.306. The monoisotopic (exact) mass is 392 g/mol. The maximum atomic E-state index is 12.5. The van der Waals surface area contributed by atoms with E-state index < -0.39 is 16.3 Å². The van der Waals surface area contributed by atoms with E-state index in [0.717, 1.165) is 0 Å². The van der Waals surface area contributed by atoms with Gasteiger partial charge in [0.05, 0.1) is 23.1 Å². The Morgan fingerprint density at radius 1 is 1.31 bits per heavy atom. The molecule has 3 aromatic rings. The van der Waals surface area contributed by atoms with Crippen molar-refractivity contribution in [2.45, 2.75) is 13.5 Å². The molecule has 1 N–H and O–H groups in total. The predicted octanol–water partition coefficient (Wildman–Crippen LogP) is 2.82. The van der Waals surface area contributed by atoms with Gasteiger partial charge < -0.3 is 14.6 Å². The Kier molecular flexibility index (Phi) is 5.55. The zero-order valence-electron chi connectivity index (χ0n) is 15.4. The fourth-order valence-electron chi connectivity index (χ4n) is 2.92. The lowest BCUT2D eigenvalue weighted by Crippen LogP contribution is -2.22. The first-order valence-corrected chi connectivity index (χ1v) is 8.68. The Bertz CT molecular complexity index is 1210. The van der Waals surface area contributed by atoms with Crippen LogP contribution >= 0.6 is 0 Å². The number of amides is 1. The Morgan fingerprint density at radius 2 is 2.07 bits per heavy atom. The van der Waals surface area contributed by atoms with Crippen molar-refractivity contribution in [1.29, 1.82) is 5.26 Å². The van der Waals surface area contributed by atoms with E-state index in [1.807, 2.05) is 6.07 Å². The maximum absolute atomic E-state index is 12.5. The van der Waals surface area contributed by atoms with Crippen LogP contribution in [0.2, 0.25) is 0 Å². The summed E-state index contributed by atoms with van der Waals surface area (Å²) in [4.78, 5) is 35.5. The summed E-state index contributed by atoms with van der Waals surface area (Å²) in [7, 11) is 0. The van der Waals surface area contributed by atoms with Crippen LogP contribution in [0.4, 0.5) is 11.4 Å². The van der Waals surface area contributed by atoms with Gasteiger partial charge in [-0.2, -0.15) is 5.26 Å². The van der Waals surface area contributed by atoms with E-state index >= 15 is 0 Å². The minimum atomic E-state index is -0.610. The van der Waals surface area contributed by atoms with Gasteiger partial charge >= 0.3 is 0 Å². The molecule has 0 atom stereocenters. The van der Waals surface area contributed by atoms with Crippen molar-refractivity contribution in [2.75, 3.05) is 11.9 Å². The van der Waals surface area contributed by atoms with Gasteiger partial charge in [-0.25, -0.2) is 0 Å². The molecular formula is C20H16N4O5. The number of para-hydroxylation sites is 1. The van der Waals surface area contributed by atoms with Gasteiger partial charge in [-0.1, -0.05) is 12.1 Å². The summed E-state index contributed by atoms with van der Waals surface area (Å²) >= 11 is 0. The Hall–Kier alpha value is -4.19. The number of rotatable bonds is 6. The van der Waals surface area contributed by atoms with Crippen molar-refractivity contribution in [1.82, 2.24) is 4.57 Å². The van der Waals surface area contributed by atoms with Crippen LogP contribution in [0.1, 0.15) is 12.5 Å². The summed E-state index contributed by atoms with van der Waals surface area (Å²) in [6, 6.07) is 12.6. The molecule has 9 nitrogen and oxygen atoms in total. The standard InChI is InChI=1S/C20H16N4O5/c1-2-29-14-7-8-16(18(9-14)24(27)28)22-19(25)12-23-11-13(10-21)20(26)15-5-3-4-6-17(15)23/h3-9,11H,2,12H2,1H3,(H,22,25). The van der Waals surface area contributed by atoms with Crippen LogP contribution in [0.3, 0.4) is 0 Å². The maximum Gasteiger partial charge on any atom is 0.296 e. The predicted molar refractivity (Wildman–Crippen MR) is 106 cm³/mol. The molecule has 1 aromatic heterocycles. The fourth-order valence-corrected chi connectivity index (χ4v) is 2.92. The number of nitro groups is 1. The Labute approximate surface area is 164 Å². The fraction of sp³-hybridized carbons (Fsp3) is 0.150. The smallest absolute Gasteiger partial charge is 0.296 e. The molecule has 1 amide bonds. The van der Waals surface area contributed by atoms with E-state index in [4.69, 9.17) is 4.74 Å². The van der Waals surface area contributed by atoms with Gasteiger partial charge in [-0.3, -0.25) is 19.7 Å². The lowest BCUT2D eigenvalue weighted by atomic mass is 10.1. The molecule has 0 unspecified atom stereocenters. The second-order valence-electron chi connectivity index (χ2n) is 6.05. The normalized spacial score (nSPS) is 10.3. The molecule has 29 heavy (non-hydrogen) atoms. The number of nitrogens with zero attached hydrogens (tertiary/aromatic N) is 3. The molecule has 0 saturated heterocycles. The molecule has 0 spiro atoms. The second kappa shape index (κ2) is 8.22. The van der Waals surface area contributed by atoms with Gasteiger partial charge in [0.1, 0.15) is 29.6 Å². The van der Waals surface area contributed by atoms with Crippen LogP contribution in [0.25, 0.3) is 10.9 Å². The van der Waals surface area contributed by atoms with Crippen LogP contribution in [0.15, 0.2) is 53.5 Å². The molecular weight excluding hydrogens is 376 g/mol. The second-order valence-corrected chi connectivity index (χ2v) is 6.05. The number of anilines is 1. The van der Waals surface area contributed by atoms with Crippen molar-refractivity contribution >= 4 is 28.2 Å². The zero-order valence-corrected chi connectivity index (χ0v) is 15.4. The Morgan fingerprint density at radius 3 is 2.76 bits per heavy atom. The van der Waals surface area contributed by atoms with Gasteiger partial charge in [0.15, 0.2) is 0 Å². The molecule has 0 saturated carbocycles. The summed E-state index contributed by atoms with van der Waals surface area (Å²) in [6.07, 6.45) is 1.30. The number of benzene rings is 2. The van der Waals surface area contributed by atoms with Crippen molar-refractivity contribution < 1.29 is 14.5 Å². The van der Waals surface area contributed by atoms with E-state index in [-0.39, 0.29) is 23.5 Å². The highest BCUT2D eigenvalue weighted by atomic mass is 16.6. The molecule has 0 aliphatic heterocycles. The van der Waals surface area contributed by atoms with E-state index in [1.54, 1.807) is 31.2 Å². The van der Waals surface area contributed by atoms with E-state index in [1.165, 1.54) is 29.0 Å². The number of carbonyl (C=O) groups is 1. The van der Waals surface area contributed by atoms with Gasteiger partial charge in [-0.15, -0.1) is 0 Å². The summed E-state index contributed by atoms with van der Waals surface area (Å²) in [6.45, 7) is 1.87. The molecule has 0 bridgehead atoms. The van der Waals surface area contributed by atoms with Crippen LogP contribution in [0, 0.1) is 21.4 Å². The number of hydrogen-bond acceptors (Lipinski definition) is 6. The number of ether oxygens (including phenoxy) is 1. The molecule has 0 radical (unpaired) electrons. The number of carbonyl (C=O) groups excluding carboxylic acids is 1. The third-order valence-electron chi connectivity index (χ3n) is 4.17. The largest absolute Gasteiger partial charge is 0.494 e. The lowest BCUT2D eigenvalue weighted by Gasteiger charge is -2.12. The molecule has 3 rings (SSSR count). The molecule has 1 heterocycles. The summed E-state index contributed by atoms with van der Waals surface area (Å²) in [5, 5.41) is 23.3. The number of nitrogens with one attached hydrogen (secondary N) is 1. The van der Waals surface area contributed by atoms with Crippen LogP contribution in [-0.2, 0) is 11.3 Å². The minimum Gasteiger partial charge on any atom is -0.494 e. The highest BCUT2D eigenvalue weighted by Crippen LogP contribution is 2.29. The van der Waals surface area contributed by atoms with Gasteiger partial charge in [-0.05, 0) is 31.2 Å². The van der Waals surface area contributed by atoms with Gasteiger partial charge in [0.2, 0.25) is 11.3 Å². The first kappa shape index (κ1) is 19.6. The van der Waals surface area contributed by atoms with Gasteiger partial charge in [0.25, 0.3) is 5.69 Å². The molecule has 0 aliphatic rings. The van der Waals surface area contributed by atoms with Crippen LogP contribution in [0.5, 0.6) is 5.75 Å². The molecule has 9 heteroatoms. The number of nitriles is 1. The SMILES string of the molecule is CCOc1ccc(NC(=O)Cn2cc(C#N)c(=O)c3ccccc32)c([N+](=O)[O-])c1. The van der Waals surface area contributed by atoms with Crippen molar-refractivity contribution in [3.63, 3.8) is 0 Å². The van der Waals surface area contributed by atoms with Crippen molar-refractivity contribution in [2.24, 2.45) is 0 Å². The number of fused-ring (bicyclic) bond motifs is 1. The van der Waals surface area contributed by atoms with E-state index in [2.05, 4.69) is 5.32 Å². The molecule has 0 fully saturated rings. The van der Waals surface area contributed by atoms with E-state index in [0.29, 0.717) is 23.3 Å². The quantitative estimate of drug-likeness (QED) is 0.507.